The first-order valence-corrected chi connectivity index (χ1v) is 10.5. The number of nitrogens with zero attached hydrogens (tertiary/aromatic N) is 1. The van der Waals surface area contributed by atoms with Crippen molar-refractivity contribution < 1.29 is 9.28 Å². The topological polar surface area (TPSA) is 17.1 Å². The normalized spacial score (nSPS) is 11.8. The molecule has 0 aromatic heterocycles. The Morgan fingerprint density at radius 3 is 1.35 bits per heavy atom. The van der Waals surface area contributed by atoms with E-state index in [9.17, 15) is 4.79 Å². The fourth-order valence-electron chi connectivity index (χ4n) is 3.45. The van der Waals surface area contributed by atoms with Gasteiger partial charge in [-0.15, -0.1) is 0 Å². The molecule has 2 nitrogen and oxygen atoms in total. The van der Waals surface area contributed by atoms with Gasteiger partial charge in [0.2, 0.25) is 5.24 Å². The summed E-state index contributed by atoms with van der Waals surface area (Å²) in [4.78, 5) is 10.6. The summed E-state index contributed by atoms with van der Waals surface area (Å²) in [5.74, 6) is 0. The van der Waals surface area contributed by atoms with Crippen LogP contribution >= 0.6 is 11.6 Å². The summed E-state index contributed by atoms with van der Waals surface area (Å²) in [5, 5.41) is -0.183. The Bertz CT molecular complexity index is 269. The molecule has 0 heterocycles. The summed E-state index contributed by atoms with van der Waals surface area (Å²) in [6.07, 6.45) is 15.0. The molecule has 0 radical (unpaired) electrons. The van der Waals surface area contributed by atoms with Crippen molar-refractivity contribution >= 4 is 16.8 Å². The Kier molecular flexibility index (Phi) is 15.4. The fraction of sp³-hybridized carbons (Fsp3) is 0.950. The number of hydrogen-bond donors (Lipinski definition) is 0. The van der Waals surface area contributed by atoms with Crippen molar-refractivity contribution in [1.29, 1.82) is 0 Å². The highest BCUT2D eigenvalue weighted by molar-refractivity contribution is 6.63. The van der Waals surface area contributed by atoms with Crippen molar-refractivity contribution in [2.24, 2.45) is 0 Å². The van der Waals surface area contributed by atoms with Crippen molar-refractivity contribution in [3.63, 3.8) is 0 Å². The van der Waals surface area contributed by atoms with Gasteiger partial charge in [-0.25, -0.2) is 0 Å². The monoisotopic (exact) mass is 346 g/mol. The Morgan fingerprint density at radius 2 is 1.00 bits per heavy atom. The molecule has 0 saturated carbocycles. The molecule has 0 amide bonds. The number of quaternary nitrogens is 1. The van der Waals surface area contributed by atoms with Gasteiger partial charge in [-0.2, -0.15) is 0 Å². The average molecular weight is 347 g/mol. The molecule has 0 aliphatic heterocycles. The Labute approximate surface area is 150 Å². The molecule has 3 heteroatoms. The quantitative estimate of drug-likeness (QED) is 0.171. The van der Waals surface area contributed by atoms with E-state index in [1.165, 1.54) is 88.4 Å². The van der Waals surface area contributed by atoms with E-state index in [4.69, 9.17) is 11.6 Å². The summed E-state index contributed by atoms with van der Waals surface area (Å²) in [5.41, 5.74) is 0. The summed E-state index contributed by atoms with van der Waals surface area (Å²) in [7, 11) is 0. The first kappa shape index (κ1) is 22.9. The Morgan fingerprint density at radius 1 is 0.652 bits per heavy atom. The third-order valence-electron chi connectivity index (χ3n) is 5.52. The minimum Gasteiger partial charge on any atom is -0.324 e. The van der Waals surface area contributed by atoms with Crippen molar-refractivity contribution in [3.05, 3.63) is 0 Å². The maximum absolute atomic E-state index is 10.6. The average Bonchev–Trinajstić information content (AvgIpc) is 2.56. The number of unbranched alkanes of at least 4 members (excludes halogenated alkanes) is 10. The molecule has 0 aliphatic carbocycles. The molecular formula is C20H41ClNO+. The first-order valence-electron chi connectivity index (χ1n) is 10.1. The molecule has 0 aliphatic rings. The predicted molar refractivity (Wildman–Crippen MR) is 103 cm³/mol. The molecule has 0 spiro atoms. The second kappa shape index (κ2) is 15.4. The van der Waals surface area contributed by atoms with Crippen LogP contribution in [-0.2, 0) is 4.79 Å². The van der Waals surface area contributed by atoms with E-state index in [2.05, 4.69) is 20.8 Å². The van der Waals surface area contributed by atoms with Crippen LogP contribution in [0.2, 0.25) is 0 Å². The van der Waals surface area contributed by atoms with Crippen LogP contribution in [0, 0.1) is 0 Å². The molecule has 0 aromatic rings. The smallest absolute Gasteiger partial charge is 0.221 e. The Balaban J connectivity index is 3.29. The highest BCUT2D eigenvalue weighted by Crippen LogP contribution is 2.14. The molecule has 0 unspecified atom stereocenters. The lowest BCUT2D eigenvalue weighted by molar-refractivity contribution is -0.923. The van der Waals surface area contributed by atoms with Gasteiger partial charge in [0.15, 0.2) is 0 Å². The highest BCUT2D eigenvalue weighted by Gasteiger charge is 2.19. The van der Waals surface area contributed by atoms with E-state index >= 15 is 0 Å². The maximum atomic E-state index is 10.6. The summed E-state index contributed by atoms with van der Waals surface area (Å²) < 4.78 is 1.30. The number of hydrogen-bond acceptors (Lipinski definition) is 1. The van der Waals surface area contributed by atoms with Gasteiger partial charge < -0.3 is 4.48 Å². The maximum Gasteiger partial charge on any atom is 0.221 e. The molecule has 0 aromatic carbocycles. The van der Waals surface area contributed by atoms with E-state index in [0.717, 1.165) is 12.8 Å². The molecule has 0 fully saturated rings. The lowest BCUT2D eigenvalue weighted by Gasteiger charge is -2.35. The predicted octanol–water partition coefficient (Wildman–Crippen LogP) is 6.31. The largest absolute Gasteiger partial charge is 0.324 e. The number of carbonyl (C=O) groups is 1. The van der Waals surface area contributed by atoms with Crippen LogP contribution in [0.25, 0.3) is 0 Å². The van der Waals surface area contributed by atoms with Crippen LogP contribution in [0.4, 0.5) is 0 Å². The van der Waals surface area contributed by atoms with Gasteiger partial charge in [0.1, 0.15) is 0 Å². The van der Waals surface area contributed by atoms with Crippen LogP contribution in [-0.4, -0.2) is 35.9 Å². The van der Waals surface area contributed by atoms with Crippen LogP contribution in [0.5, 0.6) is 0 Å². The van der Waals surface area contributed by atoms with Crippen molar-refractivity contribution in [3.8, 4) is 0 Å². The highest BCUT2D eigenvalue weighted by atomic mass is 35.5. The summed E-state index contributed by atoms with van der Waals surface area (Å²) in [6.45, 7) is 12.2. The van der Waals surface area contributed by atoms with E-state index < -0.39 is 0 Å². The molecule has 0 atom stereocenters. The van der Waals surface area contributed by atoms with E-state index in [1.807, 2.05) is 0 Å². The lowest BCUT2D eigenvalue weighted by atomic mass is 10.0. The van der Waals surface area contributed by atoms with Crippen molar-refractivity contribution in [2.75, 3.05) is 26.2 Å². The third kappa shape index (κ3) is 12.9. The SMILES string of the molecule is CC[N+](CC)(CC)CCCCCCCCCCCCCC(=O)Cl. The van der Waals surface area contributed by atoms with Gasteiger partial charge in [-0.05, 0) is 51.6 Å². The minimum atomic E-state index is -0.183. The van der Waals surface area contributed by atoms with Crippen molar-refractivity contribution in [1.82, 2.24) is 0 Å². The van der Waals surface area contributed by atoms with Crippen molar-refractivity contribution in [2.45, 2.75) is 97.8 Å². The molecular weight excluding hydrogens is 306 g/mol. The van der Waals surface area contributed by atoms with E-state index in [-0.39, 0.29) is 5.24 Å². The van der Waals surface area contributed by atoms with E-state index in [1.54, 1.807) is 0 Å². The molecule has 23 heavy (non-hydrogen) atoms. The summed E-state index contributed by atoms with van der Waals surface area (Å²) >= 11 is 5.32. The minimum absolute atomic E-state index is 0.183. The second-order valence-corrected chi connectivity index (χ2v) is 7.43. The standard InChI is InChI=1S/C20H41ClNO/c1-4-22(5-2,6-3)19-17-15-13-11-9-7-8-10-12-14-16-18-20(21)23/h4-19H2,1-3H3/q+1. The molecule has 0 bridgehead atoms. The lowest BCUT2D eigenvalue weighted by Crippen LogP contribution is -2.48. The van der Waals surface area contributed by atoms with Gasteiger partial charge in [0.05, 0.1) is 26.2 Å². The summed E-state index contributed by atoms with van der Waals surface area (Å²) in [6, 6.07) is 0. The number of halogens is 1. The third-order valence-corrected chi connectivity index (χ3v) is 5.71. The van der Waals surface area contributed by atoms with Gasteiger partial charge in [0, 0.05) is 6.42 Å². The van der Waals surface area contributed by atoms with Crippen LogP contribution in [0.3, 0.4) is 0 Å². The zero-order valence-electron chi connectivity index (χ0n) is 16.0. The number of rotatable bonds is 17. The molecule has 0 rings (SSSR count). The van der Waals surface area contributed by atoms with Gasteiger partial charge in [0.25, 0.3) is 0 Å². The van der Waals surface area contributed by atoms with Crippen LogP contribution in [0.1, 0.15) is 97.8 Å². The second-order valence-electron chi connectivity index (χ2n) is 7.01. The number of carbonyl (C=O) groups excluding carboxylic acids is 1. The van der Waals surface area contributed by atoms with Gasteiger partial charge in [-0.3, -0.25) is 4.79 Å². The van der Waals surface area contributed by atoms with E-state index in [0.29, 0.717) is 6.42 Å². The zero-order chi connectivity index (χ0) is 17.4. The molecule has 138 valence electrons. The molecule has 0 N–H and O–H groups in total. The first-order chi connectivity index (χ1) is 11.1. The fourth-order valence-corrected chi connectivity index (χ4v) is 3.58. The Hall–Kier alpha value is -0.0800. The van der Waals surface area contributed by atoms with Gasteiger partial charge in [-0.1, -0.05) is 51.4 Å². The zero-order valence-corrected chi connectivity index (χ0v) is 16.8. The van der Waals surface area contributed by atoms with Crippen LogP contribution in [0.15, 0.2) is 0 Å². The van der Waals surface area contributed by atoms with Gasteiger partial charge >= 0.3 is 0 Å². The molecule has 0 saturated heterocycles. The van der Waals surface area contributed by atoms with Crippen LogP contribution < -0.4 is 0 Å².